The predicted octanol–water partition coefficient (Wildman–Crippen LogP) is 2.76. The van der Waals surface area contributed by atoms with Crippen molar-refractivity contribution in [3.63, 3.8) is 0 Å². The lowest BCUT2D eigenvalue weighted by Gasteiger charge is -2.27. The predicted molar refractivity (Wildman–Crippen MR) is 64.1 cm³/mol. The van der Waals surface area contributed by atoms with Gasteiger partial charge in [0.1, 0.15) is 0 Å². The van der Waals surface area contributed by atoms with E-state index in [9.17, 15) is 0 Å². The Labute approximate surface area is 89.9 Å². The van der Waals surface area contributed by atoms with E-state index in [0.29, 0.717) is 6.04 Å². The minimum absolute atomic E-state index is 0.506. The van der Waals surface area contributed by atoms with Gasteiger partial charge in [-0.2, -0.15) is 0 Å². The van der Waals surface area contributed by atoms with E-state index in [2.05, 4.69) is 58.8 Å². The minimum atomic E-state index is 0.506. The van der Waals surface area contributed by atoms with Gasteiger partial charge < -0.3 is 10.2 Å². The van der Waals surface area contributed by atoms with Crippen LogP contribution in [0.25, 0.3) is 0 Å². The zero-order valence-electron chi connectivity index (χ0n) is 8.56. The van der Waals surface area contributed by atoms with E-state index < -0.39 is 0 Å². The highest BCUT2D eigenvalue weighted by molar-refractivity contribution is 5.75. The molecule has 2 heteroatoms. The fourth-order valence-electron chi connectivity index (χ4n) is 2.22. The number of nitrogens with one attached hydrogen (secondary N) is 1. The lowest BCUT2D eigenvalue weighted by atomic mass is 10.1. The highest BCUT2D eigenvalue weighted by Crippen LogP contribution is 2.33. The van der Waals surface area contributed by atoms with E-state index in [1.165, 1.54) is 11.4 Å². The lowest BCUT2D eigenvalue weighted by Crippen LogP contribution is -2.33. The van der Waals surface area contributed by atoms with Crippen molar-refractivity contribution in [1.29, 1.82) is 0 Å². The minimum Gasteiger partial charge on any atom is -0.366 e. The molecule has 1 aliphatic carbocycles. The van der Waals surface area contributed by atoms with Gasteiger partial charge in [-0.15, -0.1) is 0 Å². The molecule has 1 aromatic rings. The van der Waals surface area contributed by atoms with Gasteiger partial charge >= 0.3 is 0 Å². The SMILES string of the molecule is C1=CCC(N2CNc3ccccc32)C=C1. The first-order valence-corrected chi connectivity index (χ1v) is 5.38. The first kappa shape index (κ1) is 8.60. The third-order valence-corrected chi connectivity index (χ3v) is 3.01. The summed E-state index contributed by atoms with van der Waals surface area (Å²) in [6.45, 7) is 0.919. The van der Waals surface area contributed by atoms with Gasteiger partial charge in [0.05, 0.1) is 24.1 Å². The van der Waals surface area contributed by atoms with Crippen molar-refractivity contribution in [2.75, 3.05) is 16.9 Å². The van der Waals surface area contributed by atoms with Crippen LogP contribution in [0.2, 0.25) is 0 Å². The van der Waals surface area contributed by atoms with Gasteiger partial charge in [-0.05, 0) is 18.6 Å². The van der Waals surface area contributed by atoms with Gasteiger partial charge in [0.25, 0.3) is 0 Å². The largest absolute Gasteiger partial charge is 0.366 e. The summed E-state index contributed by atoms with van der Waals surface area (Å²) in [5.74, 6) is 0. The number of rotatable bonds is 1. The molecule has 0 saturated heterocycles. The van der Waals surface area contributed by atoms with E-state index in [1.54, 1.807) is 0 Å². The maximum atomic E-state index is 3.42. The molecule has 0 amide bonds. The molecular weight excluding hydrogens is 184 g/mol. The summed E-state index contributed by atoms with van der Waals surface area (Å²) in [5.41, 5.74) is 2.57. The van der Waals surface area contributed by atoms with Crippen LogP contribution in [-0.4, -0.2) is 12.7 Å². The summed E-state index contributed by atoms with van der Waals surface area (Å²) in [6.07, 6.45) is 9.85. The fourth-order valence-corrected chi connectivity index (χ4v) is 2.22. The molecule has 1 N–H and O–H groups in total. The molecule has 15 heavy (non-hydrogen) atoms. The second kappa shape index (κ2) is 3.46. The van der Waals surface area contributed by atoms with Crippen LogP contribution in [0.1, 0.15) is 6.42 Å². The highest BCUT2D eigenvalue weighted by Gasteiger charge is 2.23. The van der Waals surface area contributed by atoms with Gasteiger partial charge in [-0.1, -0.05) is 36.4 Å². The molecule has 0 spiro atoms. The molecule has 2 nitrogen and oxygen atoms in total. The van der Waals surface area contributed by atoms with Crippen LogP contribution in [0.15, 0.2) is 48.6 Å². The third-order valence-electron chi connectivity index (χ3n) is 3.01. The summed E-state index contributed by atoms with van der Waals surface area (Å²) < 4.78 is 0. The molecule has 1 aliphatic heterocycles. The first-order chi connectivity index (χ1) is 7.45. The Bertz CT molecular complexity index is 420. The van der Waals surface area contributed by atoms with Crippen molar-refractivity contribution in [2.45, 2.75) is 12.5 Å². The van der Waals surface area contributed by atoms with Crippen LogP contribution in [-0.2, 0) is 0 Å². The maximum absolute atomic E-state index is 3.42. The van der Waals surface area contributed by atoms with Crippen LogP contribution < -0.4 is 10.2 Å². The quantitative estimate of drug-likeness (QED) is 0.746. The topological polar surface area (TPSA) is 15.3 Å². The van der Waals surface area contributed by atoms with Crippen LogP contribution in [0, 0.1) is 0 Å². The Morgan fingerprint density at radius 1 is 1.20 bits per heavy atom. The van der Waals surface area contributed by atoms with E-state index in [0.717, 1.165) is 13.1 Å². The zero-order valence-corrected chi connectivity index (χ0v) is 8.56. The monoisotopic (exact) mass is 198 g/mol. The number of allylic oxidation sites excluding steroid dienone is 2. The van der Waals surface area contributed by atoms with Gasteiger partial charge in [0.2, 0.25) is 0 Å². The average molecular weight is 198 g/mol. The van der Waals surface area contributed by atoms with E-state index in [4.69, 9.17) is 0 Å². The number of para-hydroxylation sites is 2. The first-order valence-electron chi connectivity index (χ1n) is 5.38. The molecule has 1 unspecified atom stereocenters. The summed E-state index contributed by atoms with van der Waals surface area (Å²) >= 11 is 0. The molecule has 1 aromatic carbocycles. The molecule has 3 rings (SSSR count). The van der Waals surface area contributed by atoms with E-state index in [-0.39, 0.29) is 0 Å². The summed E-state index contributed by atoms with van der Waals surface area (Å²) in [5, 5.41) is 3.42. The average Bonchev–Trinajstić information content (AvgIpc) is 2.74. The highest BCUT2D eigenvalue weighted by atomic mass is 15.3. The molecular formula is C13H14N2. The molecule has 1 atom stereocenters. The molecule has 0 saturated carbocycles. The maximum Gasteiger partial charge on any atom is 0.0883 e. The van der Waals surface area contributed by atoms with Crippen molar-refractivity contribution >= 4 is 11.4 Å². The molecule has 0 fully saturated rings. The zero-order chi connectivity index (χ0) is 10.1. The Morgan fingerprint density at radius 3 is 3.00 bits per heavy atom. The van der Waals surface area contributed by atoms with E-state index in [1.807, 2.05) is 0 Å². The van der Waals surface area contributed by atoms with Gasteiger partial charge in [-0.25, -0.2) is 0 Å². The molecule has 0 bridgehead atoms. The number of hydrogen-bond acceptors (Lipinski definition) is 2. The third kappa shape index (κ3) is 1.42. The summed E-state index contributed by atoms with van der Waals surface area (Å²) in [4.78, 5) is 2.41. The van der Waals surface area contributed by atoms with Gasteiger partial charge in [-0.3, -0.25) is 0 Å². The lowest BCUT2D eigenvalue weighted by molar-refractivity contribution is 0.727. The Hall–Kier alpha value is -1.70. The molecule has 2 aliphatic rings. The van der Waals surface area contributed by atoms with Gasteiger partial charge in [0, 0.05) is 0 Å². The molecule has 76 valence electrons. The van der Waals surface area contributed by atoms with Crippen LogP contribution >= 0.6 is 0 Å². The van der Waals surface area contributed by atoms with E-state index >= 15 is 0 Å². The van der Waals surface area contributed by atoms with Crippen LogP contribution in [0.3, 0.4) is 0 Å². The van der Waals surface area contributed by atoms with Crippen LogP contribution in [0.5, 0.6) is 0 Å². The smallest absolute Gasteiger partial charge is 0.0883 e. The normalized spacial score (nSPS) is 22.7. The van der Waals surface area contributed by atoms with Crippen molar-refractivity contribution < 1.29 is 0 Å². The number of hydrogen-bond donors (Lipinski definition) is 1. The fraction of sp³-hybridized carbons (Fsp3) is 0.231. The van der Waals surface area contributed by atoms with Crippen LogP contribution in [0.4, 0.5) is 11.4 Å². The molecule has 0 aromatic heterocycles. The summed E-state index contributed by atoms with van der Waals surface area (Å²) in [7, 11) is 0. The van der Waals surface area contributed by atoms with Crippen molar-refractivity contribution in [2.24, 2.45) is 0 Å². The summed E-state index contributed by atoms with van der Waals surface area (Å²) in [6, 6.07) is 9.00. The molecule has 1 heterocycles. The van der Waals surface area contributed by atoms with Crippen molar-refractivity contribution in [3.05, 3.63) is 48.6 Å². The second-order valence-electron chi connectivity index (χ2n) is 3.94. The number of anilines is 2. The van der Waals surface area contributed by atoms with Crippen molar-refractivity contribution in [3.8, 4) is 0 Å². The number of fused-ring (bicyclic) bond motifs is 1. The number of benzene rings is 1. The Balaban J connectivity index is 1.90. The van der Waals surface area contributed by atoms with Gasteiger partial charge in [0.15, 0.2) is 0 Å². The van der Waals surface area contributed by atoms with Crippen molar-refractivity contribution in [1.82, 2.24) is 0 Å². The Kier molecular flexibility index (Phi) is 1.98. The number of nitrogens with zero attached hydrogens (tertiary/aromatic N) is 1. The molecule has 0 radical (unpaired) electrons. The Morgan fingerprint density at radius 2 is 2.13 bits per heavy atom. The second-order valence-corrected chi connectivity index (χ2v) is 3.94. The standard InChI is InChI=1S/C13H14N2/c1-2-6-11(7-3-1)15-10-14-12-8-4-5-9-13(12)15/h1-6,8-9,11,14H,7,10H2.